The Hall–Kier alpha value is -4.12. The standard InChI is InChI=1S/C23H23N3O7S/c1-26(20-11-4-3-10-19(20)22(28)24-14-18-9-6-12-32-18)21(27)15-33-23(29)16-7-5-8-17(13-16)25-34(2,30)31/h3-13,25H,14-15H2,1-2H3,(H,24,28). The van der Waals surface area contributed by atoms with E-state index in [1.165, 1.54) is 42.5 Å². The summed E-state index contributed by atoms with van der Waals surface area (Å²) < 4.78 is 35.3. The predicted molar refractivity (Wildman–Crippen MR) is 125 cm³/mol. The Bertz CT molecular complexity index is 1290. The van der Waals surface area contributed by atoms with Gasteiger partial charge < -0.3 is 19.4 Å². The Kier molecular flexibility index (Phi) is 7.69. The Balaban J connectivity index is 1.63. The third-order valence-corrected chi connectivity index (χ3v) is 5.22. The molecule has 3 rings (SSSR count). The summed E-state index contributed by atoms with van der Waals surface area (Å²) in [6.07, 6.45) is 2.49. The van der Waals surface area contributed by atoms with Crippen molar-refractivity contribution in [2.75, 3.05) is 29.5 Å². The summed E-state index contributed by atoms with van der Waals surface area (Å²) in [5.41, 5.74) is 0.854. The summed E-state index contributed by atoms with van der Waals surface area (Å²) in [5.74, 6) is -1.19. The van der Waals surface area contributed by atoms with E-state index in [-0.39, 0.29) is 23.4 Å². The minimum atomic E-state index is -3.52. The lowest BCUT2D eigenvalue weighted by Crippen LogP contribution is -2.33. The molecular weight excluding hydrogens is 462 g/mol. The summed E-state index contributed by atoms with van der Waals surface area (Å²) in [4.78, 5) is 38.9. The van der Waals surface area contributed by atoms with Gasteiger partial charge in [0.25, 0.3) is 11.8 Å². The van der Waals surface area contributed by atoms with Crippen molar-refractivity contribution in [1.29, 1.82) is 0 Å². The quantitative estimate of drug-likeness (QED) is 0.444. The minimum Gasteiger partial charge on any atom is -0.467 e. The number of ether oxygens (including phenoxy) is 1. The van der Waals surface area contributed by atoms with Gasteiger partial charge in [0.1, 0.15) is 5.76 Å². The van der Waals surface area contributed by atoms with Crippen LogP contribution in [0.4, 0.5) is 11.4 Å². The molecular formula is C23H23N3O7S. The van der Waals surface area contributed by atoms with Gasteiger partial charge in [0, 0.05) is 12.7 Å². The Morgan fingerprint density at radius 3 is 2.50 bits per heavy atom. The van der Waals surface area contributed by atoms with Gasteiger partial charge in [0.05, 0.1) is 35.9 Å². The SMILES string of the molecule is CN(C(=O)COC(=O)c1cccc(NS(C)(=O)=O)c1)c1ccccc1C(=O)NCc1ccco1. The van der Waals surface area contributed by atoms with Crippen LogP contribution in [0.3, 0.4) is 0 Å². The van der Waals surface area contributed by atoms with Crippen molar-refractivity contribution in [2.45, 2.75) is 6.54 Å². The summed E-state index contributed by atoms with van der Waals surface area (Å²) >= 11 is 0. The number of sulfonamides is 1. The van der Waals surface area contributed by atoms with E-state index in [1.54, 1.807) is 36.4 Å². The van der Waals surface area contributed by atoms with E-state index in [9.17, 15) is 22.8 Å². The second kappa shape index (κ2) is 10.7. The maximum Gasteiger partial charge on any atom is 0.338 e. The molecule has 0 atom stereocenters. The highest BCUT2D eigenvalue weighted by Gasteiger charge is 2.20. The summed E-state index contributed by atoms with van der Waals surface area (Å²) in [5, 5.41) is 2.72. The van der Waals surface area contributed by atoms with Gasteiger partial charge in [-0.25, -0.2) is 13.2 Å². The van der Waals surface area contributed by atoms with Gasteiger partial charge in [0.2, 0.25) is 10.0 Å². The maximum absolute atomic E-state index is 12.7. The number of furan rings is 1. The lowest BCUT2D eigenvalue weighted by atomic mass is 10.1. The number of esters is 1. The van der Waals surface area contributed by atoms with Gasteiger partial charge in [-0.2, -0.15) is 0 Å². The number of anilines is 2. The second-order valence-electron chi connectivity index (χ2n) is 7.26. The zero-order valence-corrected chi connectivity index (χ0v) is 19.3. The number of amides is 2. The molecule has 0 saturated carbocycles. The summed E-state index contributed by atoms with van der Waals surface area (Å²) in [6, 6.07) is 15.6. The molecule has 2 aromatic carbocycles. The third-order valence-electron chi connectivity index (χ3n) is 4.62. The lowest BCUT2D eigenvalue weighted by molar-refractivity contribution is -0.121. The molecule has 0 unspecified atom stereocenters. The first kappa shape index (κ1) is 24.5. The van der Waals surface area contributed by atoms with E-state index in [0.717, 1.165) is 6.26 Å². The lowest BCUT2D eigenvalue weighted by Gasteiger charge is -2.20. The molecule has 0 fully saturated rings. The Morgan fingerprint density at radius 2 is 1.79 bits per heavy atom. The van der Waals surface area contributed by atoms with Crippen LogP contribution in [0.5, 0.6) is 0 Å². The molecule has 1 aromatic heterocycles. The van der Waals surface area contributed by atoms with Crippen LogP contribution in [-0.4, -0.2) is 46.1 Å². The molecule has 0 spiro atoms. The van der Waals surface area contributed by atoms with E-state index in [0.29, 0.717) is 11.4 Å². The van der Waals surface area contributed by atoms with Crippen LogP contribution in [0.2, 0.25) is 0 Å². The van der Waals surface area contributed by atoms with Gasteiger partial charge in [-0.3, -0.25) is 14.3 Å². The van der Waals surface area contributed by atoms with Crippen LogP contribution in [0.25, 0.3) is 0 Å². The van der Waals surface area contributed by atoms with Crippen LogP contribution in [0, 0.1) is 0 Å². The number of likely N-dealkylation sites (N-methyl/N-ethyl adjacent to an activating group) is 1. The average Bonchev–Trinajstić information content (AvgIpc) is 3.33. The number of carbonyl (C=O) groups is 3. The van der Waals surface area contributed by atoms with Crippen molar-refractivity contribution in [2.24, 2.45) is 0 Å². The number of nitrogens with zero attached hydrogens (tertiary/aromatic N) is 1. The normalized spacial score (nSPS) is 10.9. The number of para-hydroxylation sites is 1. The van der Waals surface area contributed by atoms with Crippen LogP contribution < -0.4 is 14.9 Å². The molecule has 0 aliphatic rings. The molecule has 0 aliphatic carbocycles. The van der Waals surface area contributed by atoms with E-state index in [1.807, 2.05) is 0 Å². The van der Waals surface area contributed by atoms with Crippen LogP contribution in [0.1, 0.15) is 26.5 Å². The number of benzene rings is 2. The van der Waals surface area contributed by atoms with Gasteiger partial charge in [-0.15, -0.1) is 0 Å². The number of hydrogen-bond donors (Lipinski definition) is 2. The number of carbonyl (C=O) groups excluding carboxylic acids is 3. The molecule has 0 aliphatic heterocycles. The molecule has 0 bridgehead atoms. The first-order valence-corrected chi connectivity index (χ1v) is 11.9. The Labute approximate surface area is 196 Å². The molecule has 10 nitrogen and oxygen atoms in total. The molecule has 1 heterocycles. The predicted octanol–water partition coefficient (Wildman–Crippen LogP) is 2.40. The van der Waals surface area contributed by atoms with Crippen molar-refractivity contribution in [3.63, 3.8) is 0 Å². The fourth-order valence-electron chi connectivity index (χ4n) is 3.00. The monoisotopic (exact) mass is 485 g/mol. The van der Waals surface area contributed by atoms with Crippen molar-refractivity contribution < 1.29 is 32.0 Å². The first-order chi connectivity index (χ1) is 16.1. The third kappa shape index (κ3) is 6.69. The van der Waals surface area contributed by atoms with E-state index in [4.69, 9.17) is 9.15 Å². The Morgan fingerprint density at radius 1 is 1.03 bits per heavy atom. The highest BCUT2D eigenvalue weighted by atomic mass is 32.2. The van der Waals surface area contributed by atoms with Crippen molar-refractivity contribution in [1.82, 2.24) is 5.32 Å². The van der Waals surface area contributed by atoms with Crippen LogP contribution in [-0.2, 0) is 26.1 Å². The zero-order chi connectivity index (χ0) is 24.7. The van der Waals surface area contributed by atoms with E-state index >= 15 is 0 Å². The topological polar surface area (TPSA) is 135 Å². The van der Waals surface area contributed by atoms with Gasteiger partial charge in [-0.05, 0) is 42.5 Å². The van der Waals surface area contributed by atoms with Crippen LogP contribution in [0.15, 0.2) is 71.3 Å². The molecule has 178 valence electrons. The van der Waals surface area contributed by atoms with Crippen molar-refractivity contribution >= 4 is 39.2 Å². The number of hydrogen-bond acceptors (Lipinski definition) is 7. The second-order valence-corrected chi connectivity index (χ2v) is 9.01. The molecule has 3 aromatic rings. The highest BCUT2D eigenvalue weighted by molar-refractivity contribution is 7.92. The number of rotatable bonds is 9. The van der Waals surface area contributed by atoms with Crippen molar-refractivity contribution in [3.05, 3.63) is 83.8 Å². The van der Waals surface area contributed by atoms with Crippen LogP contribution >= 0.6 is 0 Å². The fraction of sp³-hybridized carbons (Fsp3) is 0.174. The summed E-state index contributed by atoms with van der Waals surface area (Å²) in [6.45, 7) is -0.399. The fourth-order valence-corrected chi connectivity index (χ4v) is 3.55. The molecule has 34 heavy (non-hydrogen) atoms. The van der Waals surface area contributed by atoms with Crippen molar-refractivity contribution in [3.8, 4) is 0 Å². The smallest absolute Gasteiger partial charge is 0.338 e. The average molecular weight is 486 g/mol. The van der Waals surface area contributed by atoms with Gasteiger partial charge in [-0.1, -0.05) is 18.2 Å². The van der Waals surface area contributed by atoms with Gasteiger partial charge in [0.15, 0.2) is 6.61 Å². The molecule has 2 amide bonds. The van der Waals surface area contributed by atoms with E-state index < -0.39 is 34.4 Å². The molecule has 0 radical (unpaired) electrons. The number of nitrogens with one attached hydrogen (secondary N) is 2. The zero-order valence-electron chi connectivity index (χ0n) is 18.5. The molecule has 2 N–H and O–H groups in total. The van der Waals surface area contributed by atoms with E-state index in [2.05, 4.69) is 10.0 Å². The minimum absolute atomic E-state index is 0.0711. The molecule has 11 heteroatoms. The first-order valence-electron chi connectivity index (χ1n) is 10.0. The largest absolute Gasteiger partial charge is 0.467 e. The summed E-state index contributed by atoms with van der Waals surface area (Å²) in [7, 11) is -2.05. The molecule has 0 saturated heterocycles. The maximum atomic E-state index is 12.7. The highest BCUT2D eigenvalue weighted by Crippen LogP contribution is 2.20. The van der Waals surface area contributed by atoms with Gasteiger partial charge >= 0.3 is 5.97 Å².